The van der Waals surface area contributed by atoms with Crippen LogP contribution < -0.4 is 0 Å². The van der Waals surface area contributed by atoms with E-state index in [9.17, 15) is 0 Å². The Kier molecular flexibility index (Phi) is 4.28. The minimum absolute atomic E-state index is 0.625. The third kappa shape index (κ3) is 3.05. The van der Waals surface area contributed by atoms with Crippen LogP contribution in [0.2, 0.25) is 0 Å². The van der Waals surface area contributed by atoms with Gasteiger partial charge in [0.25, 0.3) is 0 Å². The quantitative estimate of drug-likeness (QED) is 0.486. The summed E-state index contributed by atoms with van der Waals surface area (Å²) in [6, 6.07) is 26.6. The Hall–Kier alpha value is -2.60. The van der Waals surface area contributed by atoms with Crippen molar-refractivity contribution in [3.63, 3.8) is 0 Å². The van der Waals surface area contributed by atoms with Gasteiger partial charge in [-0.05, 0) is 63.8 Å². The average molecular weight is 324 g/mol. The lowest BCUT2D eigenvalue weighted by atomic mass is 9.93. The van der Waals surface area contributed by atoms with Gasteiger partial charge in [0.2, 0.25) is 0 Å². The smallest absolute Gasteiger partial charge is 0.00135 e. The summed E-state index contributed by atoms with van der Waals surface area (Å²) >= 11 is 0. The zero-order valence-electron chi connectivity index (χ0n) is 15.0. The first-order valence-electron chi connectivity index (χ1n) is 9.24. The fraction of sp³-hybridized carbons (Fsp3) is 0.200. The third-order valence-electron chi connectivity index (χ3n) is 5.44. The number of rotatable bonds is 4. The highest BCUT2D eigenvalue weighted by Gasteiger charge is 2.17. The fourth-order valence-corrected chi connectivity index (χ4v) is 3.68. The van der Waals surface area contributed by atoms with E-state index in [1.807, 2.05) is 0 Å². The van der Waals surface area contributed by atoms with E-state index in [0.29, 0.717) is 5.92 Å². The first-order valence-corrected chi connectivity index (χ1v) is 9.24. The lowest BCUT2D eigenvalue weighted by Crippen LogP contribution is -1.92. The molecule has 3 aromatic rings. The molecule has 0 heteroatoms. The van der Waals surface area contributed by atoms with Gasteiger partial charge in [0, 0.05) is 0 Å². The molecule has 1 unspecified atom stereocenters. The van der Waals surface area contributed by atoms with Crippen LogP contribution in [0.3, 0.4) is 0 Å². The molecule has 0 saturated carbocycles. The van der Waals surface area contributed by atoms with Gasteiger partial charge < -0.3 is 0 Å². The van der Waals surface area contributed by atoms with Gasteiger partial charge in [-0.15, -0.1) is 0 Å². The first kappa shape index (κ1) is 15.9. The van der Waals surface area contributed by atoms with E-state index >= 15 is 0 Å². The zero-order valence-corrected chi connectivity index (χ0v) is 15.0. The van der Waals surface area contributed by atoms with Crippen LogP contribution in [0.4, 0.5) is 0 Å². The molecule has 0 spiro atoms. The molecule has 0 aliphatic heterocycles. The van der Waals surface area contributed by atoms with Crippen LogP contribution >= 0.6 is 0 Å². The van der Waals surface area contributed by atoms with Crippen molar-refractivity contribution in [3.8, 4) is 11.1 Å². The number of allylic oxidation sites excluding steroid dienone is 1. The summed E-state index contributed by atoms with van der Waals surface area (Å²) in [4.78, 5) is 0. The molecule has 124 valence electrons. The van der Waals surface area contributed by atoms with E-state index in [1.165, 1.54) is 45.4 Å². The highest BCUT2D eigenvalue weighted by Crippen LogP contribution is 2.37. The summed E-state index contributed by atoms with van der Waals surface area (Å²) in [5.41, 5.74) is 9.66. The van der Waals surface area contributed by atoms with Crippen molar-refractivity contribution >= 4 is 11.6 Å². The second-order valence-corrected chi connectivity index (χ2v) is 7.02. The molecule has 0 radical (unpaired) electrons. The van der Waals surface area contributed by atoms with Gasteiger partial charge in [-0.25, -0.2) is 0 Å². The lowest BCUT2D eigenvalue weighted by molar-refractivity contribution is 0.734. The summed E-state index contributed by atoms with van der Waals surface area (Å²) < 4.78 is 0. The molecule has 0 bridgehead atoms. The minimum atomic E-state index is 0.625. The Morgan fingerprint density at radius 3 is 2.28 bits per heavy atom. The molecular formula is C25H24. The average Bonchev–Trinajstić information content (AvgIpc) is 3.12. The van der Waals surface area contributed by atoms with Crippen molar-refractivity contribution in [1.29, 1.82) is 0 Å². The predicted molar refractivity (Wildman–Crippen MR) is 109 cm³/mol. The van der Waals surface area contributed by atoms with E-state index in [-0.39, 0.29) is 0 Å². The molecule has 3 aromatic carbocycles. The Morgan fingerprint density at radius 1 is 0.800 bits per heavy atom. The van der Waals surface area contributed by atoms with Gasteiger partial charge in [-0.3, -0.25) is 0 Å². The normalized spacial score (nSPS) is 14.1. The topological polar surface area (TPSA) is 0 Å². The van der Waals surface area contributed by atoms with E-state index < -0.39 is 0 Å². The summed E-state index contributed by atoms with van der Waals surface area (Å²) in [7, 11) is 0. The maximum atomic E-state index is 2.38. The van der Waals surface area contributed by atoms with Gasteiger partial charge in [0.05, 0.1) is 0 Å². The molecule has 0 heterocycles. The molecule has 0 aromatic heterocycles. The van der Waals surface area contributed by atoms with E-state index in [4.69, 9.17) is 0 Å². The molecule has 4 rings (SSSR count). The van der Waals surface area contributed by atoms with Crippen molar-refractivity contribution < 1.29 is 0 Å². The van der Waals surface area contributed by atoms with Crippen molar-refractivity contribution in [2.75, 3.05) is 0 Å². The van der Waals surface area contributed by atoms with Crippen LogP contribution in [0.15, 0.2) is 72.8 Å². The van der Waals surface area contributed by atoms with Crippen LogP contribution in [-0.2, 0) is 6.42 Å². The first-order chi connectivity index (χ1) is 12.3. The second-order valence-electron chi connectivity index (χ2n) is 7.02. The molecule has 1 aliphatic rings. The Labute approximate surface area is 150 Å². The Bertz CT molecular complexity index is 899. The number of hydrogen-bond donors (Lipinski definition) is 0. The molecule has 0 fully saturated rings. The van der Waals surface area contributed by atoms with Crippen LogP contribution in [0.5, 0.6) is 0 Å². The number of hydrogen-bond acceptors (Lipinski definition) is 0. The minimum Gasteiger partial charge on any atom is -0.0648 e. The highest BCUT2D eigenvalue weighted by atomic mass is 14.2. The van der Waals surface area contributed by atoms with E-state index in [1.54, 1.807) is 0 Å². The zero-order chi connectivity index (χ0) is 17.2. The SMILES string of the molecule is CCC(C)c1ccc(-c2cccc3c2C=C(c2ccccc2)C3)cc1. The van der Waals surface area contributed by atoms with Crippen LogP contribution in [0, 0.1) is 0 Å². The Balaban J connectivity index is 1.72. The second kappa shape index (κ2) is 6.72. The molecular weight excluding hydrogens is 300 g/mol. The van der Waals surface area contributed by atoms with Gasteiger partial charge >= 0.3 is 0 Å². The van der Waals surface area contributed by atoms with Crippen molar-refractivity contribution in [2.24, 2.45) is 0 Å². The number of fused-ring (bicyclic) bond motifs is 1. The standard InChI is InChI=1S/C25H24/c1-3-18(2)19-12-14-21(15-13-19)24-11-7-10-22-16-23(17-25(22)24)20-8-5-4-6-9-20/h4-15,17-18H,3,16H2,1-2H3. The highest BCUT2D eigenvalue weighted by molar-refractivity contribution is 5.93. The van der Waals surface area contributed by atoms with Crippen LogP contribution in [0.1, 0.15) is 48.4 Å². The van der Waals surface area contributed by atoms with Crippen LogP contribution in [0.25, 0.3) is 22.8 Å². The van der Waals surface area contributed by atoms with Crippen LogP contribution in [-0.4, -0.2) is 0 Å². The molecule has 25 heavy (non-hydrogen) atoms. The fourth-order valence-electron chi connectivity index (χ4n) is 3.68. The van der Waals surface area contributed by atoms with Gasteiger partial charge in [-0.2, -0.15) is 0 Å². The molecule has 0 saturated heterocycles. The summed E-state index contributed by atoms with van der Waals surface area (Å²) in [5.74, 6) is 0.625. The third-order valence-corrected chi connectivity index (χ3v) is 5.44. The molecule has 0 N–H and O–H groups in total. The van der Waals surface area contributed by atoms with Crippen molar-refractivity contribution in [2.45, 2.75) is 32.6 Å². The maximum Gasteiger partial charge on any atom is -0.00135 e. The summed E-state index contributed by atoms with van der Waals surface area (Å²) in [6.07, 6.45) is 4.59. The Morgan fingerprint density at radius 2 is 1.56 bits per heavy atom. The summed E-state index contributed by atoms with van der Waals surface area (Å²) in [6.45, 7) is 4.54. The number of benzene rings is 3. The predicted octanol–water partition coefficient (Wildman–Crippen LogP) is 6.96. The lowest BCUT2D eigenvalue weighted by Gasteiger charge is -2.11. The monoisotopic (exact) mass is 324 g/mol. The molecule has 1 aliphatic carbocycles. The van der Waals surface area contributed by atoms with Crippen molar-refractivity contribution in [1.82, 2.24) is 0 Å². The molecule has 1 atom stereocenters. The van der Waals surface area contributed by atoms with Gasteiger partial charge in [0.15, 0.2) is 0 Å². The molecule has 0 nitrogen and oxygen atoms in total. The van der Waals surface area contributed by atoms with Crippen molar-refractivity contribution in [3.05, 3.63) is 95.1 Å². The van der Waals surface area contributed by atoms with Gasteiger partial charge in [0.1, 0.15) is 0 Å². The van der Waals surface area contributed by atoms with Gasteiger partial charge in [-0.1, -0.05) is 86.6 Å². The van der Waals surface area contributed by atoms with E-state index in [2.05, 4.69) is 92.7 Å². The maximum absolute atomic E-state index is 2.38. The molecule has 0 amide bonds. The van der Waals surface area contributed by atoms with E-state index in [0.717, 1.165) is 6.42 Å². The largest absolute Gasteiger partial charge is 0.0648 e. The summed E-state index contributed by atoms with van der Waals surface area (Å²) in [5, 5.41) is 0.